The normalized spacial score (nSPS) is 14.2. The molecule has 0 saturated carbocycles. The minimum absolute atomic E-state index is 0. The second kappa shape index (κ2) is 8.86. The third-order valence-corrected chi connectivity index (χ3v) is 4.06. The maximum atomic E-state index is 12.7. The van der Waals surface area contributed by atoms with Gasteiger partial charge in [0.05, 0.1) is 12.0 Å². The maximum absolute atomic E-state index is 12.7. The fourth-order valence-corrected chi connectivity index (χ4v) is 3.07. The monoisotopic (exact) mass is 347 g/mol. The average Bonchev–Trinajstić information content (AvgIpc) is 2.55. The Morgan fingerprint density at radius 1 is 1.12 bits per heavy atom. The first-order valence-electron chi connectivity index (χ1n) is 8.06. The number of nitrogens with two attached hydrogens (primary N) is 1. The summed E-state index contributed by atoms with van der Waals surface area (Å²) in [4.78, 5) is 12.7. The van der Waals surface area contributed by atoms with E-state index in [1.807, 2.05) is 63.2 Å². The molecule has 2 atom stereocenters. The van der Waals surface area contributed by atoms with Crippen LogP contribution in [0.2, 0.25) is 0 Å². The lowest BCUT2D eigenvalue weighted by atomic mass is 9.74. The summed E-state index contributed by atoms with van der Waals surface area (Å²) in [6.45, 7) is 6.03. The maximum Gasteiger partial charge on any atom is 0.316 e. The van der Waals surface area contributed by atoms with Gasteiger partial charge in [-0.25, -0.2) is 0 Å². The van der Waals surface area contributed by atoms with E-state index in [0.717, 1.165) is 16.7 Å². The van der Waals surface area contributed by atoms with Crippen molar-refractivity contribution < 1.29 is 9.53 Å². The molecule has 0 bridgehead atoms. The van der Waals surface area contributed by atoms with Crippen molar-refractivity contribution >= 4 is 18.4 Å². The fourth-order valence-electron chi connectivity index (χ4n) is 3.07. The second-order valence-corrected chi connectivity index (χ2v) is 6.15. The molecule has 4 heteroatoms. The first-order valence-corrected chi connectivity index (χ1v) is 8.06. The Morgan fingerprint density at radius 3 is 2.29 bits per heavy atom. The molecule has 130 valence electrons. The van der Waals surface area contributed by atoms with Crippen LogP contribution in [0.4, 0.5) is 0 Å². The van der Waals surface area contributed by atoms with Crippen LogP contribution in [0.15, 0.2) is 54.6 Å². The fraction of sp³-hybridized carbons (Fsp3) is 0.350. The van der Waals surface area contributed by atoms with Crippen molar-refractivity contribution in [2.45, 2.75) is 38.6 Å². The summed E-state index contributed by atoms with van der Waals surface area (Å²) in [5.74, 6) is -0.222. The Balaban J connectivity index is 0.00000288. The quantitative estimate of drug-likeness (QED) is 0.791. The number of halogens is 1. The molecular formula is C20H26ClNO2. The third-order valence-electron chi connectivity index (χ3n) is 4.06. The van der Waals surface area contributed by atoms with E-state index in [1.165, 1.54) is 0 Å². The molecule has 0 saturated heterocycles. The molecule has 0 aliphatic rings. The molecule has 2 unspecified atom stereocenters. The Bertz CT molecular complexity index is 658. The highest BCUT2D eigenvalue weighted by atomic mass is 35.5. The first-order chi connectivity index (χ1) is 11.0. The molecule has 24 heavy (non-hydrogen) atoms. The summed E-state index contributed by atoms with van der Waals surface area (Å²) < 4.78 is 5.36. The number of benzene rings is 2. The standard InChI is InChI=1S/C20H25NO2.ClH/c1-4-23-19(22)20(3,14-15(2)21)18-13-9-8-12-17(18)16-10-6-5-7-11-16;/h5-13,15H,4,14,21H2,1-3H3;1H. The number of ether oxygens (including phenoxy) is 1. The van der Waals surface area contributed by atoms with Crippen LogP contribution in [0.25, 0.3) is 11.1 Å². The topological polar surface area (TPSA) is 52.3 Å². The van der Waals surface area contributed by atoms with Gasteiger partial charge in [-0.3, -0.25) is 4.79 Å². The van der Waals surface area contributed by atoms with Gasteiger partial charge in [-0.05, 0) is 43.9 Å². The van der Waals surface area contributed by atoms with Crippen LogP contribution in [0, 0.1) is 0 Å². The number of rotatable bonds is 6. The largest absolute Gasteiger partial charge is 0.465 e. The minimum Gasteiger partial charge on any atom is -0.465 e. The molecule has 0 fully saturated rings. The van der Waals surface area contributed by atoms with Crippen molar-refractivity contribution in [1.29, 1.82) is 0 Å². The van der Waals surface area contributed by atoms with Gasteiger partial charge in [0.15, 0.2) is 0 Å². The summed E-state index contributed by atoms with van der Waals surface area (Å²) in [5, 5.41) is 0. The van der Waals surface area contributed by atoms with E-state index in [1.54, 1.807) is 0 Å². The van der Waals surface area contributed by atoms with Crippen LogP contribution in [0.1, 0.15) is 32.8 Å². The molecule has 0 aliphatic heterocycles. The number of esters is 1. The molecular weight excluding hydrogens is 322 g/mol. The Labute approximate surface area is 150 Å². The lowest BCUT2D eigenvalue weighted by Gasteiger charge is -2.31. The van der Waals surface area contributed by atoms with E-state index in [2.05, 4.69) is 12.1 Å². The summed E-state index contributed by atoms with van der Waals surface area (Å²) >= 11 is 0. The van der Waals surface area contributed by atoms with Gasteiger partial charge in [-0.15, -0.1) is 12.4 Å². The average molecular weight is 348 g/mol. The molecule has 2 rings (SSSR count). The SMILES string of the molecule is CCOC(=O)C(C)(CC(C)N)c1ccccc1-c1ccccc1.Cl. The zero-order valence-corrected chi connectivity index (χ0v) is 15.3. The van der Waals surface area contributed by atoms with Crippen LogP contribution >= 0.6 is 12.4 Å². The Kier molecular flexibility index (Phi) is 7.46. The molecule has 2 N–H and O–H groups in total. The van der Waals surface area contributed by atoms with E-state index < -0.39 is 5.41 Å². The van der Waals surface area contributed by atoms with Crippen LogP contribution in [-0.2, 0) is 14.9 Å². The van der Waals surface area contributed by atoms with E-state index in [4.69, 9.17) is 10.5 Å². The van der Waals surface area contributed by atoms with E-state index in [0.29, 0.717) is 13.0 Å². The van der Waals surface area contributed by atoms with Crippen molar-refractivity contribution in [3.05, 3.63) is 60.2 Å². The van der Waals surface area contributed by atoms with E-state index >= 15 is 0 Å². The molecule has 3 nitrogen and oxygen atoms in total. The van der Waals surface area contributed by atoms with Crippen molar-refractivity contribution in [2.24, 2.45) is 5.73 Å². The zero-order valence-electron chi connectivity index (χ0n) is 14.5. The number of carbonyl (C=O) groups excluding carboxylic acids is 1. The molecule has 0 aliphatic carbocycles. The number of hydrogen-bond acceptors (Lipinski definition) is 3. The smallest absolute Gasteiger partial charge is 0.316 e. The summed E-state index contributed by atoms with van der Waals surface area (Å²) in [6.07, 6.45) is 0.537. The van der Waals surface area contributed by atoms with Crippen molar-refractivity contribution in [3.63, 3.8) is 0 Å². The Hall–Kier alpha value is -1.84. The highest BCUT2D eigenvalue weighted by Crippen LogP contribution is 2.37. The van der Waals surface area contributed by atoms with Crippen LogP contribution in [0.3, 0.4) is 0 Å². The van der Waals surface area contributed by atoms with Gasteiger partial charge < -0.3 is 10.5 Å². The van der Waals surface area contributed by atoms with Crippen molar-refractivity contribution in [2.75, 3.05) is 6.61 Å². The molecule has 2 aromatic carbocycles. The molecule has 2 aromatic rings. The van der Waals surface area contributed by atoms with Gasteiger partial charge in [0.2, 0.25) is 0 Å². The second-order valence-electron chi connectivity index (χ2n) is 6.15. The van der Waals surface area contributed by atoms with Crippen LogP contribution < -0.4 is 5.73 Å². The molecule has 0 aromatic heterocycles. The predicted molar refractivity (Wildman–Crippen MR) is 101 cm³/mol. The molecule has 0 amide bonds. The summed E-state index contributed by atoms with van der Waals surface area (Å²) in [5.41, 5.74) is 8.36. The van der Waals surface area contributed by atoms with Crippen molar-refractivity contribution in [3.8, 4) is 11.1 Å². The first kappa shape index (κ1) is 20.2. The summed E-state index contributed by atoms with van der Waals surface area (Å²) in [7, 11) is 0. The molecule has 0 heterocycles. The lowest BCUT2D eigenvalue weighted by molar-refractivity contribution is -0.150. The van der Waals surface area contributed by atoms with Gasteiger partial charge in [0, 0.05) is 6.04 Å². The van der Waals surface area contributed by atoms with Crippen LogP contribution in [0.5, 0.6) is 0 Å². The molecule has 0 radical (unpaired) electrons. The van der Waals surface area contributed by atoms with Gasteiger partial charge in [0.1, 0.15) is 0 Å². The van der Waals surface area contributed by atoms with Gasteiger partial charge in [-0.2, -0.15) is 0 Å². The zero-order chi connectivity index (χ0) is 16.9. The summed E-state index contributed by atoms with van der Waals surface area (Å²) in [6, 6.07) is 18.0. The number of carbonyl (C=O) groups is 1. The van der Waals surface area contributed by atoms with Gasteiger partial charge in [-0.1, -0.05) is 54.6 Å². The number of hydrogen-bond donors (Lipinski definition) is 1. The van der Waals surface area contributed by atoms with E-state index in [-0.39, 0.29) is 24.4 Å². The highest BCUT2D eigenvalue weighted by molar-refractivity contribution is 5.86. The van der Waals surface area contributed by atoms with Crippen LogP contribution in [-0.4, -0.2) is 18.6 Å². The predicted octanol–water partition coefficient (Wildman–Crippen LogP) is 4.33. The van der Waals surface area contributed by atoms with Crippen molar-refractivity contribution in [1.82, 2.24) is 0 Å². The van der Waals surface area contributed by atoms with Gasteiger partial charge in [0.25, 0.3) is 0 Å². The van der Waals surface area contributed by atoms with Gasteiger partial charge >= 0.3 is 5.97 Å². The highest BCUT2D eigenvalue weighted by Gasteiger charge is 2.39. The minimum atomic E-state index is -0.767. The Morgan fingerprint density at radius 2 is 1.71 bits per heavy atom. The van der Waals surface area contributed by atoms with E-state index in [9.17, 15) is 4.79 Å². The molecule has 0 spiro atoms. The third kappa shape index (κ3) is 4.37. The lowest BCUT2D eigenvalue weighted by Crippen LogP contribution is -2.40.